The van der Waals surface area contributed by atoms with Crippen molar-refractivity contribution in [2.45, 2.75) is 24.5 Å². The quantitative estimate of drug-likeness (QED) is 0.456. The molecule has 9 heteroatoms. The largest absolute Gasteiger partial charge is 0.469 e. The Balaban J connectivity index is 1.66. The zero-order valence-electron chi connectivity index (χ0n) is 14.5. The highest BCUT2D eigenvalue weighted by molar-refractivity contribution is 6.14. The lowest BCUT2D eigenvalue weighted by atomic mass is 9.91. The Hall–Kier alpha value is -2.81. The van der Waals surface area contributed by atoms with Crippen LogP contribution in [0.1, 0.15) is 12.8 Å². The number of carbonyl (C=O) groups is 3. The number of methoxy groups -OCH3 is 1. The molecular formula is C18H18F2N2O5. The van der Waals surface area contributed by atoms with Gasteiger partial charge in [-0.2, -0.15) is 0 Å². The van der Waals surface area contributed by atoms with E-state index in [2.05, 4.69) is 15.4 Å². The zero-order chi connectivity index (χ0) is 19.6. The number of hydrogen-bond donors (Lipinski definition) is 2. The standard InChI is InChI=1S/C18H18F2N2O5/c1-26-15(23)10-2-3-13(6-10)21-16(24)18(4-5-27-18)17(25)22-14-8-11(19)7-12(20)9-14/h2-3,7-10,13H,4-6H2,1H3,(H,21,24)(H,22,25)/t10-,13+,18?/m1/s1. The molecule has 2 N–H and O–H groups in total. The molecule has 0 bridgehead atoms. The van der Waals surface area contributed by atoms with Crippen molar-refractivity contribution >= 4 is 23.5 Å². The Kier molecular flexibility index (Phi) is 5.22. The summed E-state index contributed by atoms with van der Waals surface area (Å²) >= 11 is 0. The van der Waals surface area contributed by atoms with Crippen LogP contribution in [0.5, 0.6) is 0 Å². The topological polar surface area (TPSA) is 93.7 Å². The third-order valence-corrected chi connectivity index (χ3v) is 4.56. The average molecular weight is 380 g/mol. The van der Waals surface area contributed by atoms with Gasteiger partial charge in [-0.3, -0.25) is 14.4 Å². The Labute approximate surface area is 153 Å². The van der Waals surface area contributed by atoms with E-state index in [1.54, 1.807) is 12.2 Å². The third kappa shape index (κ3) is 3.82. The van der Waals surface area contributed by atoms with Crippen LogP contribution in [0.15, 0.2) is 30.4 Å². The highest BCUT2D eigenvalue weighted by Crippen LogP contribution is 2.30. The molecule has 1 aromatic carbocycles. The summed E-state index contributed by atoms with van der Waals surface area (Å²) < 4.78 is 36.5. The minimum atomic E-state index is -1.78. The van der Waals surface area contributed by atoms with E-state index in [1.807, 2.05) is 0 Å². The van der Waals surface area contributed by atoms with Crippen LogP contribution in [0.3, 0.4) is 0 Å². The predicted molar refractivity (Wildman–Crippen MR) is 89.5 cm³/mol. The number of benzene rings is 1. The van der Waals surface area contributed by atoms with Crippen LogP contribution < -0.4 is 10.6 Å². The van der Waals surface area contributed by atoms with Crippen LogP contribution in [-0.4, -0.2) is 43.1 Å². The van der Waals surface area contributed by atoms with Gasteiger partial charge in [0.05, 0.1) is 19.6 Å². The Morgan fingerprint density at radius 1 is 1.15 bits per heavy atom. The van der Waals surface area contributed by atoms with Gasteiger partial charge in [0.2, 0.25) is 5.60 Å². The number of anilines is 1. The predicted octanol–water partition coefficient (Wildman–Crippen LogP) is 1.30. The molecule has 1 aliphatic heterocycles. The van der Waals surface area contributed by atoms with Crippen molar-refractivity contribution in [1.29, 1.82) is 0 Å². The number of nitrogens with one attached hydrogen (secondary N) is 2. The minimum Gasteiger partial charge on any atom is -0.469 e. The second kappa shape index (κ2) is 7.43. The first-order valence-electron chi connectivity index (χ1n) is 8.32. The van der Waals surface area contributed by atoms with Crippen molar-refractivity contribution in [2.24, 2.45) is 5.92 Å². The SMILES string of the molecule is COC(=O)[C@@H]1C=C[C@H](NC(=O)C2(C(=O)Nc3cc(F)cc(F)c3)CCO2)C1. The molecule has 0 aromatic heterocycles. The van der Waals surface area contributed by atoms with E-state index in [9.17, 15) is 23.2 Å². The fraction of sp³-hybridized carbons (Fsp3) is 0.389. The molecule has 0 radical (unpaired) electrons. The lowest BCUT2D eigenvalue weighted by Crippen LogP contribution is -2.64. The molecule has 7 nitrogen and oxygen atoms in total. The van der Waals surface area contributed by atoms with Gasteiger partial charge in [-0.05, 0) is 18.6 Å². The van der Waals surface area contributed by atoms with Crippen LogP contribution >= 0.6 is 0 Å². The van der Waals surface area contributed by atoms with Gasteiger partial charge in [-0.15, -0.1) is 0 Å². The average Bonchev–Trinajstić information content (AvgIpc) is 3.00. The minimum absolute atomic E-state index is 0.119. The zero-order valence-corrected chi connectivity index (χ0v) is 14.5. The number of halogens is 2. The molecule has 1 aromatic rings. The Morgan fingerprint density at radius 2 is 1.81 bits per heavy atom. The van der Waals surface area contributed by atoms with Crippen molar-refractivity contribution in [3.63, 3.8) is 0 Å². The van der Waals surface area contributed by atoms with Gasteiger partial charge in [-0.25, -0.2) is 8.78 Å². The van der Waals surface area contributed by atoms with Crippen molar-refractivity contribution in [2.75, 3.05) is 19.0 Å². The lowest BCUT2D eigenvalue weighted by molar-refractivity contribution is -0.182. The second-order valence-corrected chi connectivity index (χ2v) is 6.37. The van der Waals surface area contributed by atoms with E-state index < -0.39 is 47.0 Å². The molecule has 2 amide bonds. The van der Waals surface area contributed by atoms with Crippen molar-refractivity contribution in [3.05, 3.63) is 42.0 Å². The van der Waals surface area contributed by atoms with E-state index in [-0.39, 0.29) is 18.7 Å². The fourth-order valence-corrected chi connectivity index (χ4v) is 3.04. The third-order valence-electron chi connectivity index (χ3n) is 4.56. The first-order valence-corrected chi connectivity index (χ1v) is 8.32. The van der Waals surface area contributed by atoms with Gasteiger partial charge in [0.25, 0.3) is 11.8 Å². The molecule has 0 saturated carbocycles. The Bertz CT molecular complexity index is 787. The maximum absolute atomic E-state index is 13.3. The van der Waals surface area contributed by atoms with Crippen LogP contribution in [0, 0.1) is 17.6 Å². The van der Waals surface area contributed by atoms with Crippen LogP contribution in [-0.2, 0) is 23.9 Å². The number of amides is 2. The summed E-state index contributed by atoms with van der Waals surface area (Å²) in [5, 5.41) is 4.96. The van der Waals surface area contributed by atoms with Crippen LogP contribution in [0.4, 0.5) is 14.5 Å². The van der Waals surface area contributed by atoms with E-state index in [0.717, 1.165) is 12.1 Å². The van der Waals surface area contributed by atoms with Crippen molar-refractivity contribution < 1.29 is 32.6 Å². The van der Waals surface area contributed by atoms with Gasteiger partial charge in [0.1, 0.15) is 11.6 Å². The summed E-state index contributed by atoms with van der Waals surface area (Å²) in [6.07, 6.45) is 3.71. The molecule has 3 rings (SSSR count). The normalized spacial score (nSPS) is 26.2. The molecule has 1 fully saturated rings. The molecule has 3 atom stereocenters. The highest BCUT2D eigenvalue weighted by atomic mass is 19.1. The van der Waals surface area contributed by atoms with Gasteiger partial charge < -0.3 is 20.1 Å². The van der Waals surface area contributed by atoms with Crippen molar-refractivity contribution in [3.8, 4) is 0 Å². The first-order chi connectivity index (χ1) is 12.8. The molecule has 144 valence electrons. The molecule has 2 aliphatic rings. The summed E-state index contributed by atoms with van der Waals surface area (Å²) in [5.74, 6) is -4.09. The van der Waals surface area contributed by atoms with E-state index >= 15 is 0 Å². The van der Waals surface area contributed by atoms with Gasteiger partial charge in [-0.1, -0.05) is 12.2 Å². The maximum atomic E-state index is 13.3. The molecule has 27 heavy (non-hydrogen) atoms. The summed E-state index contributed by atoms with van der Waals surface area (Å²) in [4.78, 5) is 36.7. The summed E-state index contributed by atoms with van der Waals surface area (Å²) in [6.45, 7) is 0.198. The van der Waals surface area contributed by atoms with Crippen LogP contribution in [0.2, 0.25) is 0 Å². The maximum Gasteiger partial charge on any atom is 0.312 e. The Morgan fingerprint density at radius 3 is 2.37 bits per heavy atom. The molecule has 1 unspecified atom stereocenters. The molecular weight excluding hydrogens is 362 g/mol. The monoisotopic (exact) mass is 380 g/mol. The van der Waals surface area contributed by atoms with E-state index in [4.69, 9.17) is 4.74 Å². The van der Waals surface area contributed by atoms with Crippen molar-refractivity contribution in [1.82, 2.24) is 5.32 Å². The molecule has 1 aliphatic carbocycles. The second-order valence-electron chi connectivity index (χ2n) is 6.37. The molecule has 0 spiro atoms. The summed E-state index contributed by atoms with van der Waals surface area (Å²) in [5.41, 5.74) is -1.90. The van der Waals surface area contributed by atoms with Gasteiger partial charge in [0, 0.05) is 24.2 Å². The van der Waals surface area contributed by atoms with Crippen LogP contribution in [0.25, 0.3) is 0 Å². The lowest BCUT2D eigenvalue weighted by Gasteiger charge is -2.39. The number of esters is 1. The molecule has 1 heterocycles. The summed E-state index contributed by atoms with van der Waals surface area (Å²) in [6, 6.07) is 2.09. The van der Waals surface area contributed by atoms with E-state index in [0.29, 0.717) is 12.5 Å². The first kappa shape index (κ1) is 19.0. The fourth-order valence-electron chi connectivity index (χ4n) is 3.04. The number of carbonyl (C=O) groups excluding carboxylic acids is 3. The highest BCUT2D eigenvalue weighted by Gasteiger charge is 2.53. The summed E-state index contributed by atoms with van der Waals surface area (Å²) in [7, 11) is 1.28. The molecule has 1 saturated heterocycles. The smallest absolute Gasteiger partial charge is 0.312 e. The van der Waals surface area contributed by atoms with Gasteiger partial charge in [0.15, 0.2) is 0 Å². The van der Waals surface area contributed by atoms with Gasteiger partial charge >= 0.3 is 5.97 Å². The van der Waals surface area contributed by atoms with E-state index in [1.165, 1.54) is 7.11 Å². The number of hydrogen-bond acceptors (Lipinski definition) is 5. The number of ether oxygens (including phenoxy) is 2. The number of rotatable bonds is 5.